The van der Waals surface area contributed by atoms with Crippen molar-refractivity contribution in [2.75, 3.05) is 13.7 Å². The van der Waals surface area contributed by atoms with E-state index < -0.39 is 11.8 Å². The Balaban J connectivity index is 2.17. The number of nitrogens with one attached hydrogen (secondary N) is 1. The van der Waals surface area contributed by atoms with E-state index in [0.29, 0.717) is 22.4 Å². The first-order chi connectivity index (χ1) is 10.3. The van der Waals surface area contributed by atoms with Gasteiger partial charge in [-0.1, -0.05) is 11.6 Å². The number of halogens is 1. The zero-order valence-electron chi connectivity index (χ0n) is 12.6. The monoisotopic (exact) mass is 326 g/mol. The number of rotatable bonds is 4. The number of nitrogens with zero attached hydrogens (tertiary/aromatic N) is 3. The highest BCUT2D eigenvalue weighted by atomic mass is 35.5. The molecule has 0 saturated carbocycles. The van der Waals surface area contributed by atoms with Crippen LogP contribution in [0.5, 0.6) is 5.75 Å². The molecule has 120 valence electrons. The number of hydrazine groups is 1. The molecule has 0 radical (unpaired) electrons. The Morgan fingerprint density at radius 1 is 1.50 bits per heavy atom. The van der Waals surface area contributed by atoms with Crippen molar-refractivity contribution in [3.05, 3.63) is 29.6 Å². The molecule has 1 aromatic heterocycles. The van der Waals surface area contributed by atoms with E-state index in [9.17, 15) is 10.2 Å². The van der Waals surface area contributed by atoms with Crippen LogP contribution in [0, 0.1) is 0 Å². The first-order valence-corrected chi connectivity index (χ1v) is 7.08. The van der Waals surface area contributed by atoms with Crippen LogP contribution in [0.2, 0.25) is 0 Å². The summed E-state index contributed by atoms with van der Waals surface area (Å²) in [7, 11) is 1.65. The second kappa shape index (κ2) is 6.62. The summed E-state index contributed by atoms with van der Waals surface area (Å²) in [6, 6.07) is 3.36. The quantitative estimate of drug-likeness (QED) is 0.719. The lowest BCUT2D eigenvalue weighted by atomic mass is 10.1. The molecule has 0 saturated heterocycles. The molecule has 0 amide bonds. The topological polar surface area (TPSA) is 90.2 Å². The molecule has 0 aromatic carbocycles. The number of ether oxygens (including phenoxy) is 1. The molecule has 0 spiro atoms. The van der Waals surface area contributed by atoms with E-state index in [1.807, 2.05) is 0 Å². The Morgan fingerprint density at radius 2 is 2.23 bits per heavy atom. The van der Waals surface area contributed by atoms with Crippen molar-refractivity contribution in [3.8, 4) is 5.75 Å². The van der Waals surface area contributed by atoms with Gasteiger partial charge in [0.2, 0.25) is 0 Å². The van der Waals surface area contributed by atoms with Gasteiger partial charge in [-0.25, -0.2) is 9.98 Å². The molecule has 22 heavy (non-hydrogen) atoms. The maximum Gasteiger partial charge on any atom is 0.166 e. The number of aliphatic imine (C=N–C) groups is 1. The standard InChI is InChI=1S/C14H19ClN4O3/c1-14(2,8-20)22-9-4-5-12(16-7-9)17-10-6-11(15)18-19(3)13(10)21/h4-7,13,18,20-21H,8H2,1-3H3. The van der Waals surface area contributed by atoms with Gasteiger partial charge >= 0.3 is 0 Å². The highest BCUT2D eigenvalue weighted by Gasteiger charge is 2.22. The van der Waals surface area contributed by atoms with E-state index in [2.05, 4.69) is 15.4 Å². The fourth-order valence-corrected chi connectivity index (χ4v) is 1.98. The van der Waals surface area contributed by atoms with Gasteiger partial charge in [-0.05, 0) is 26.0 Å². The van der Waals surface area contributed by atoms with Crippen LogP contribution in [-0.2, 0) is 0 Å². The highest BCUT2D eigenvalue weighted by Crippen LogP contribution is 2.21. The van der Waals surface area contributed by atoms with Gasteiger partial charge in [-0.3, -0.25) is 0 Å². The number of aromatic nitrogens is 1. The van der Waals surface area contributed by atoms with Crippen molar-refractivity contribution >= 4 is 23.1 Å². The van der Waals surface area contributed by atoms with Crippen molar-refractivity contribution < 1.29 is 14.9 Å². The molecule has 1 aliphatic rings. The van der Waals surface area contributed by atoms with Crippen LogP contribution in [0.25, 0.3) is 0 Å². The second-order valence-corrected chi connectivity index (χ2v) is 5.90. The van der Waals surface area contributed by atoms with Crippen molar-refractivity contribution in [1.82, 2.24) is 15.4 Å². The number of pyridine rings is 1. The summed E-state index contributed by atoms with van der Waals surface area (Å²) in [6.45, 7) is 3.44. The van der Waals surface area contributed by atoms with E-state index in [1.54, 1.807) is 33.0 Å². The summed E-state index contributed by atoms with van der Waals surface area (Å²) in [5.74, 6) is 0.943. The molecule has 7 nitrogen and oxygen atoms in total. The van der Waals surface area contributed by atoms with E-state index in [4.69, 9.17) is 16.3 Å². The van der Waals surface area contributed by atoms with Gasteiger partial charge in [-0.15, -0.1) is 0 Å². The van der Waals surface area contributed by atoms with Gasteiger partial charge in [0.15, 0.2) is 12.0 Å². The average molecular weight is 327 g/mol. The van der Waals surface area contributed by atoms with Gasteiger partial charge < -0.3 is 20.4 Å². The predicted molar refractivity (Wildman–Crippen MR) is 84.0 cm³/mol. The third-order valence-corrected chi connectivity index (χ3v) is 3.12. The van der Waals surface area contributed by atoms with Crippen LogP contribution >= 0.6 is 11.6 Å². The summed E-state index contributed by atoms with van der Waals surface area (Å²) < 4.78 is 5.59. The third-order valence-electron chi connectivity index (χ3n) is 2.93. The Labute approximate surface area is 133 Å². The van der Waals surface area contributed by atoms with Crippen LogP contribution in [0.1, 0.15) is 13.8 Å². The molecule has 8 heteroatoms. The minimum absolute atomic E-state index is 0.105. The molecule has 0 aliphatic carbocycles. The molecular weight excluding hydrogens is 308 g/mol. The lowest BCUT2D eigenvalue weighted by Crippen LogP contribution is -2.48. The van der Waals surface area contributed by atoms with Gasteiger partial charge in [0.05, 0.1) is 18.5 Å². The zero-order valence-corrected chi connectivity index (χ0v) is 13.4. The smallest absolute Gasteiger partial charge is 0.166 e. The van der Waals surface area contributed by atoms with Crippen LogP contribution < -0.4 is 10.2 Å². The minimum Gasteiger partial charge on any atom is -0.484 e. The van der Waals surface area contributed by atoms with Crippen LogP contribution in [0.4, 0.5) is 5.82 Å². The van der Waals surface area contributed by atoms with Crippen molar-refractivity contribution in [3.63, 3.8) is 0 Å². The molecule has 2 heterocycles. The Kier molecular flexibility index (Phi) is 5.02. The van der Waals surface area contributed by atoms with Gasteiger partial charge in [0.25, 0.3) is 0 Å². The van der Waals surface area contributed by atoms with Gasteiger partial charge in [-0.2, -0.15) is 5.01 Å². The summed E-state index contributed by atoms with van der Waals surface area (Å²) >= 11 is 5.90. The summed E-state index contributed by atoms with van der Waals surface area (Å²) in [5, 5.41) is 21.0. The fraction of sp³-hybridized carbons (Fsp3) is 0.429. The Bertz CT molecular complexity index is 586. The first-order valence-electron chi connectivity index (χ1n) is 6.70. The van der Waals surface area contributed by atoms with Crippen LogP contribution in [0.3, 0.4) is 0 Å². The number of aliphatic hydroxyl groups excluding tert-OH is 2. The molecule has 1 unspecified atom stereocenters. The zero-order chi connectivity index (χ0) is 16.3. The SMILES string of the molecule is CN1NC(Cl)=CC(=Nc2ccc(OC(C)(C)CO)cn2)C1O. The van der Waals surface area contributed by atoms with Crippen molar-refractivity contribution in [2.45, 2.75) is 25.7 Å². The van der Waals surface area contributed by atoms with Crippen LogP contribution in [-0.4, -0.2) is 51.4 Å². The highest BCUT2D eigenvalue weighted by molar-refractivity contribution is 6.31. The molecule has 2 rings (SSSR count). The number of hydrogen-bond donors (Lipinski definition) is 3. The van der Waals surface area contributed by atoms with Gasteiger partial charge in [0.1, 0.15) is 16.5 Å². The molecular formula is C14H19ClN4O3. The maximum atomic E-state index is 10.0. The molecule has 1 atom stereocenters. The van der Waals surface area contributed by atoms with E-state index in [-0.39, 0.29) is 6.61 Å². The van der Waals surface area contributed by atoms with Gasteiger partial charge in [0, 0.05) is 13.1 Å². The lowest BCUT2D eigenvalue weighted by Gasteiger charge is -2.28. The Morgan fingerprint density at radius 3 is 2.82 bits per heavy atom. The largest absolute Gasteiger partial charge is 0.484 e. The predicted octanol–water partition coefficient (Wildman–Crippen LogP) is 1.15. The Hall–Kier alpha value is -1.67. The normalized spacial score (nSPS) is 21.5. The maximum absolute atomic E-state index is 10.0. The van der Waals surface area contributed by atoms with E-state index in [1.165, 1.54) is 17.3 Å². The molecule has 1 aromatic rings. The molecule has 3 N–H and O–H groups in total. The summed E-state index contributed by atoms with van der Waals surface area (Å²) in [6.07, 6.45) is 2.13. The minimum atomic E-state index is -0.923. The lowest BCUT2D eigenvalue weighted by molar-refractivity contribution is 0.0409. The summed E-state index contributed by atoms with van der Waals surface area (Å²) in [5.41, 5.74) is 2.45. The summed E-state index contributed by atoms with van der Waals surface area (Å²) in [4.78, 5) is 8.43. The molecule has 0 fully saturated rings. The van der Waals surface area contributed by atoms with E-state index >= 15 is 0 Å². The average Bonchev–Trinajstić information content (AvgIpc) is 2.46. The van der Waals surface area contributed by atoms with E-state index in [0.717, 1.165) is 0 Å². The first kappa shape index (κ1) is 16.7. The second-order valence-electron chi connectivity index (χ2n) is 5.50. The number of hydrogen-bond acceptors (Lipinski definition) is 7. The van der Waals surface area contributed by atoms with Crippen molar-refractivity contribution in [1.29, 1.82) is 0 Å². The molecule has 0 bridgehead atoms. The number of aliphatic hydroxyl groups is 2. The van der Waals surface area contributed by atoms with Crippen molar-refractivity contribution in [2.24, 2.45) is 4.99 Å². The third kappa shape index (κ3) is 4.17. The van der Waals surface area contributed by atoms with Crippen LogP contribution in [0.15, 0.2) is 34.6 Å². The fourth-order valence-electron chi connectivity index (χ4n) is 1.74. The molecule has 1 aliphatic heterocycles.